The number of anilines is 1. The second kappa shape index (κ2) is 6.81. The molecular formula is C17H21N3O3. The lowest BCUT2D eigenvalue weighted by molar-refractivity contribution is -0.152. The van der Waals surface area contributed by atoms with E-state index in [1.165, 1.54) is 32.1 Å². The average Bonchev–Trinajstić information content (AvgIpc) is 2.99. The highest BCUT2D eigenvalue weighted by molar-refractivity contribution is 6.37. The van der Waals surface area contributed by atoms with Crippen molar-refractivity contribution < 1.29 is 14.3 Å². The fourth-order valence-electron chi connectivity index (χ4n) is 3.06. The Balaban J connectivity index is 1.76. The number of carbonyl (C=O) groups is 2. The smallest absolute Gasteiger partial charge is 0.397 e. The molecule has 23 heavy (non-hydrogen) atoms. The third-order valence-electron chi connectivity index (χ3n) is 4.21. The van der Waals surface area contributed by atoms with Gasteiger partial charge in [-0.2, -0.15) is 0 Å². The molecule has 1 fully saturated rings. The zero-order valence-electron chi connectivity index (χ0n) is 13.2. The van der Waals surface area contributed by atoms with Crippen molar-refractivity contribution in [3.63, 3.8) is 0 Å². The molecule has 1 aliphatic rings. The van der Waals surface area contributed by atoms with Crippen molar-refractivity contribution in [2.75, 3.05) is 11.9 Å². The molecule has 1 aromatic heterocycles. The van der Waals surface area contributed by atoms with Crippen molar-refractivity contribution in [3.05, 3.63) is 24.0 Å². The third-order valence-corrected chi connectivity index (χ3v) is 4.21. The van der Waals surface area contributed by atoms with Crippen LogP contribution in [0.4, 0.5) is 5.69 Å². The van der Waals surface area contributed by atoms with E-state index in [1.807, 2.05) is 6.07 Å². The molecule has 1 saturated carbocycles. The molecule has 0 atom stereocenters. The van der Waals surface area contributed by atoms with Gasteiger partial charge >= 0.3 is 11.9 Å². The Morgan fingerprint density at radius 3 is 2.83 bits per heavy atom. The Morgan fingerprint density at radius 2 is 2.09 bits per heavy atom. The van der Waals surface area contributed by atoms with Crippen LogP contribution in [-0.4, -0.2) is 28.5 Å². The number of aromatic nitrogens is 2. The van der Waals surface area contributed by atoms with E-state index < -0.39 is 11.9 Å². The molecule has 1 aliphatic carbocycles. The van der Waals surface area contributed by atoms with Gasteiger partial charge in [-0.05, 0) is 38.0 Å². The second-order valence-corrected chi connectivity index (χ2v) is 5.86. The zero-order valence-corrected chi connectivity index (χ0v) is 13.2. The summed E-state index contributed by atoms with van der Waals surface area (Å²) in [6, 6.07) is 5.38. The number of ether oxygens (including phenoxy) is 1. The van der Waals surface area contributed by atoms with Gasteiger partial charge in [-0.1, -0.05) is 19.3 Å². The number of rotatable bonds is 3. The van der Waals surface area contributed by atoms with Gasteiger partial charge in [0, 0.05) is 11.6 Å². The normalized spacial score (nSPS) is 15.5. The summed E-state index contributed by atoms with van der Waals surface area (Å²) in [6.07, 6.45) is 6.16. The molecule has 0 radical (unpaired) electrons. The number of amides is 1. The zero-order chi connectivity index (χ0) is 16.2. The van der Waals surface area contributed by atoms with Gasteiger partial charge in [-0.3, -0.25) is 4.79 Å². The molecule has 0 bridgehead atoms. The lowest BCUT2D eigenvalue weighted by Crippen LogP contribution is -2.24. The van der Waals surface area contributed by atoms with Gasteiger partial charge in [-0.25, -0.2) is 9.78 Å². The predicted molar refractivity (Wildman–Crippen MR) is 87.2 cm³/mol. The number of nitrogens with zero attached hydrogens (tertiary/aromatic N) is 1. The number of aromatic amines is 1. The molecule has 0 spiro atoms. The molecule has 6 nitrogen and oxygen atoms in total. The van der Waals surface area contributed by atoms with Crippen molar-refractivity contribution in [3.8, 4) is 0 Å². The first-order valence-electron chi connectivity index (χ1n) is 8.15. The van der Waals surface area contributed by atoms with E-state index in [2.05, 4.69) is 20.0 Å². The number of benzene rings is 1. The molecule has 2 N–H and O–H groups in total. The summed E-state index contributed by atoms with van der Waals surface area (Å²) in [6.45, 7) is 1.84. The fraction of sp³-hybridized carbons (Fsp3) is 0.471. The second-order valence-electron chi connectivity index (χ2n) is 5.86. The van der Waals surface area contributed by atoms with Crippen LogP contribution in [-0.2, 0) is 14.3 Å². The van der Waals surface area contributed by atoms with Gasteiger partial charge < -0.3 is 15.0 Å². The molecular weight excluding hydrogens is 294 g/mol. The minimum Gasteiger partial charge on any atom is -0.459 e. The monoisotopic (exact) mass is 315 g/mol. The molecule has 6 heteroatoms. The summed E-state index contributed by atoms with van der Waals surface area (Å²) in [5, 5.41) is 2.55. The van der Waals surface area contributed by atoms with Crippen LogP contribution in [0.2, 0.25) is 0 Å². The molecule has 122 valence electrons. The predicted octanol–water partition coefficient (Wildman–Crippen LogP) is 3.11. The summed E-state index contributed by atoms with van der Waals surface area (Å²) in [7, 11) is 0. The number of carbonyl (C=O) groups excluding carboxylic acids is 2. The standard InChI is InChI=1S/C17H21N3O3/c1-2-23-17(22)16(21)18-12-8-9-13-14(10-12)20-15(19-13)11-6-4-3-5-7-11/h8-11H,2-7H2,1H3,(H,18,21)(H,19,20). The van der Waals surface area contributed by atoms with E-state index in [1.54, 1.807) is 19.1 Å². The van der Waals surface area contributed by atoms with Gasteiger partial charge in [0.1, 0.15) is 5.82 Å². The Bertz CT molecular complexity index is 717. The van der Waals surface area contributed by atoms with Crippen LogP contribution in [0.15, 0.2) is 18.2 Å². The topological polar surface area (TPSA) is 84.1 Å². The Kier molecular flexibility index (Phi) is 4.60. The summed E-state index contributed by atoms with van der Waals surface area (Å²) in [4.78, 5) is 31.1. The van der Waals surface area contributed by atoms with Crippen LogP contribution in [0.25, 0.3) is 11.0 Å². The van der Waals surface area contributed by atoms with Gasteiger partial charge in [0.2, 0.25) is 0 Å². The van der Waals surface area contributed by atoms with Crippen molar-refractivity contribution in [1.82, 2.24) is 9.97 Å². The van der Waals surface area contributed by atoms with E-state index in [9.17, 15) is 9.59 Å². The molecule has 3 rings (SSSR count). The minimum atomic E-state index is -0.875. The van der Waals surface area contributed by atoms with Gasteiger partial charge in [0.05, 0.1) is 17.6 Å². The summed E-state index contributed by atoms with van der Waals surface area (Å²) >= 11 is 0. The van der Waals surface area contributed by atoms with E-state index in [-0.39, 0.29) is 6.61 Å². The number of hydrogen-bond donors (Lipinski definition) is 2. The molecule has 1 heterocycles. The first kappa shape index (κ1) is 15.5. The maximum Gasteiger partial charge on any atom is 0.397 e. The number of hydrogen-bond acceptors (Lipinski definition) is 4. The largest absolute Gasteiger partial charge is 0.459 e. The van der Waals surface area contributed by atoms with Crippen LogP contribution in [0.3, 0.4) is 0 Å². The maximum atomic E-state index is 11.7. The Morgan fingerprint density at radius 1 is 1.30 bits per heavy atom. The fourth-order valence-corrected chi connectivity index (χ4v) is 3.06. The minimum absolute atomic E-state index is 0.177. The van der Waals surface area contributed by atoms with Crippen LogP contribution in [0.5, 0.6) is 0 Å². The number of fused-ring (bicyclic) bond motifs is 1. The highest BCUT2D eigenvalue weighted by Gasteiger charge is 2.19. The van der Waals surface area contributed by atoms with E-state index >= 15 is 0 Å². The van der Waals surface area contributed by atoms with Crippen LogP contribution in [0, 0.1) is 0 Å². The lowest BCUT2D eigenvalue weighted by Gasteiger charge is -2.18. The Hall–Kier alpha value is -2.37. The van der Waals surface area contributed by atoms with Crippen LogP contribution >= 0.6 is 0 Å². The first-order chi connectivity index (χ1) is 11.2. The van der Waals surface area contributed by atoms with E-state index in [0.717, 1.165) is 16.9 Å². The molecule has 0 aliphatic heterocycles. The van der Waals surface area contributed by atoms with Gasteiger partial charge in [0.25, 0.3) is 0 Å². The average molecular weight is 315 g/mol. The van der Waals surface area contributed by atoms with Crippen molar-refractivity contribution in [1.29, 1.82) is 0 Å². The molecule has 0 saturated heterocycles. The highest BCUT2D eigenvalue weighted by Crippen LogP contribution is 2.32. The van der Waals surface area contributed by atoms with Gasteiger partial charge in [-0.15, -0.1) is 0 Å². The summed E-state index contributed by atoms with van der Waals surface area (Å²) < 4.78 is 4.68. The number of esters is 1. The van der Waals surface area contributed by atoms with Crippen LogP contribution < -0.4 is 5.32 Å². The number of imidazole rings is 1. The maximum absolute atomic E-state index is 11.7. The van der Waals surface area contributed by atoms with E-state index in [0.29, 0.717) is 11.6 Å². The first-order valence-corrected chi connectivity index (χ1v) is 8.15. The third kappa shape index (κ3) is 3.52. The molecule has 2 aromatic rings. The Labute approximate surface area is 134 Å². The van der Waals surface area contributed by atoms with E-state index in [4.69, 9.17) is 0 Å². The summed E-state index contributed by atoms with van der Waals surface area (Å²) in [5.41, 5.74) is 2.29. The quantitative estimate of drug-likeness (QED) is 0.673. The lowest BCUT2D eigenvalue weighted by atomic mass is 9.89. The van der Waals surface area contributed by atoms with Crippen molar-refractivity contribution in [2.45, 2.75) is 44.9 Å². The van der Waals surface area contributed by atoms with Crippen LogP contribution in [0.1, 0.15) is 50.8 Å². The van der Waals surface area contributed by atoms with Crippen molar-refractivity contribution in [2.24, 2.45) is 0 Å². The molecule has 0 unspecified atom stereocenters. The van der Waals surface area contributed by atoms with Crippen molar-refractivity contribution >= 4 is 28.6 Å². The molecule has 1 aromatic carbocycles. The summed E-state index contributed by atoms with van der Waals surface area (Å²) in [5.74, 6) is -0.124. The molecule has 1 amide bonds. The number of nitrogens with one attached hydrogen (secondary N) is 2. The highest BCUT2D eigenvalue weighted by atomic mass is 16.5. The number of H-pyrrole nitrogens is 1. The SMILES string of the molecule is CCOC(=O)C(=O)Nc1ccc2nc(C3CCCCC3)[nH]c2c1. The van der Waals surface area contributed by atoms with Gasteiger partial charge in [0.15, 0.2) is 0 Å².